The highest BCUT2D eigenvalue weighted by Gasteiger charge is 2.19. The minimum absolute atomic E-state index is 0.548. The summed E-state index contributed by atoms with van der Waals surface area (Å²) in [4.78, 5) is 22.8. The highest BCUT2D eigenvalue weighted by molar-refractivity contribution is 6.22. The number of benzene rings is 8. The Kier molecular flexibility index (Phi) is 8.07. The van der Waals surface area contributed by atoms with Crippen LogP contribution in [0, 0.1) is 0 Å². The van der Waals surface area contributed by atoms with Gasteiger partial charge in [-0.3, -0.25) is 0 Å². The van der Waals surface area contributed by atoms with Gasteiger partial charge in [-0.15, -0.1) is 0 Å². The van der Waals surface area contributed by atoms with Crippen LogP contribution >= 0.6 is 0 Å². The SMILES string of the molecule is c1cnc(-c2cc(-c3ccc(-c4ccc5c(-c6ccc7ccccc7c6)c6ccccc6c(-c6ccc7ccccc7c6)c5c4)cc3)cc(-c3ncccn3)n2)nc1. The largest absolute Gasteiger partial charge is 0.241 e. The Balaban J connectivity index is 1.09. The lowest BCUT2D eigenvalue weighted by Crippen LogP contribution is -1.96. The first kappa shape index (κ1) is 33.4. The molecule has 11 aromatic rings. The van der Waals surface area contributed by atoms with E-state index in [1.165, 1.54) is 65.3 Å². The first-order valence-corrected chi connectivity index (χ1v) is 19.4. The molecule has 0 amide bonds. The Labute approximate surface area is 335 Å². The van der Waals surface area contributed by atoms with Gasteiger partial charge in [0.25, 0.3) is 0 Å². The van der Waals surface area contributed by atoms with Crippen LogP contribution in [-0.2, 0) is 0 Å². The summed E-state index contributed by atoms with van der Waals surface area (Å²) < 4.78 is 0. The summed E-state index contributed by atoms with van der Waals surface area (Å²) in [7, 11) is 0. The van der Waals surface area contributed by atoms with Crippen molar-refractivity contribution >= 4 is 43.1 Å². The lowest BCUT2D eigenvalue weighted by atomic mass is 9.84. The molecule has 3 aromatic heterocycles. The summed E-state index contributed by atoms with van der Waals surface area (Å²) in [5, 5.41) is 9.83. The van der Waals surface area contributed by atoms with Crippen molar-refractivity contribution in [2.24, 2.45) is 0 Å². The molecular formula is C53H33N5. The van der Waals surface area contributed by atoms with E-state index in [2.05, 4.69) is 172 Å². The Hall–Kier alpha value is -7.89. The molecular weight excluding hydrogens is 707 g/mol. The number of fused-ring (bicyclic) bond motifs is 4. The van der Waals surface area contributed by atoms with Gasteiger partial charge in [0.1, 0.15) is 11.4 Å². The van der Waals surface area contributed by atoms with Crippen molar-refractivity contribution in [3.63, 3.8) is 0 Å². The third kappa shape index (κ3) is 5.94. The van der Waals surface area contributed by atoms with Crippen LogP contribution in [0.4, 0.5) is 0 Å². The van der Waals surface area contributed by atoms with Crippen molar-refractivity contribution in [3.8, 4) is 67.5 Å². The van der Waals surface area contributed by atoms with Crippen LogP contribution in [0.25, 0.3) is 111 Å². The summed E-state index contributed by atoms with van der Waals surface area (Å²) in [6, 6.07) is 63.2. The molecule has 270 valence electrons. The fourth-order valence-corrected chi connectivity index (χ4v) is 8.31. The summed E-state index contributed by atoms with van der Waals surface area (Å²) in [6.45, 7) is 0. The molecule has 0 atom stereocenters. The van der Waals surface area contributed by atoms with Crippen LogP contribution in [0.2, 0.25) is 0 Å². The van der Waals surface area contributed by atoms with Crippen LogP contribution in [0.5, 0.6) is 0 Å². The van der Waals surface area contributed by atoms with E-state index in [-0.39, 0.29) is 0 Å². The van der Waals surface area contributed by atoms with Gasteiger partial charge in [-0.05, 0) is 130 Å². The second kappa shape index (κ2) is 14.0. The molecule has 58 heavy (non-hydrogen) atoms. The second-order valence-electron chi connectivity index (χ2n) is 14.5. The zero-order chi connectivity index (χ0) is 38.4. The van der Waals surface area contributed by atoms with E-state index in [0.29, 0.717) is 23.0 Å². The van der Waals surface area contributed by atoms with E-state index in [0.717, 1.165) is 22.3 Å². The standard InChI is InChI=1S/C53H33N5/c1-3-11-38-29-41(21-19-34(38)9-1)50-44-13-5-6-14-45(44)51(42-22-20-35-10-2-4-12-39(35)30-42)47-31-40(23-24-46(47)50)36-15-17-37(18-16-36)43-32-48(52-54-25-7-26-55-52)58-49(33-43)53-56-27-8-28-57-53/h1-33H. The molecule has 0 aliphatic heterocycles. The summed E-state index contributed by atoms with van der Waals surface area (Å²) in [6.07, 6.45) is 6.92. The molecule has 0 fully saturated rings. The van der Waals surface area contributed by atoms with Gasteiger partial charge < -0.3 is 0 Å². The Morgan fingerprint density at radius 2 is 0.672 bits per heavy atom. The predicted molar refractivity (Wildman–Crippen MR) is 238 cm³/mol. The molecule has 0 spiro atoms. The molecule has 0 saturated carbocycles. The van der Waals surface area contributed by atoms with Crippen LogP contribution in [0.3, 0.4) is 0 Å². The Morgan fingerprint density at radius 3 is 1.21 bits per heavy atom. The fourth-order valence-electron chi connectivity index (χ4n) is 8.31. The summed E-state index contributed by atoms with van der Waals surface area (Å²) >= 11 is 0. The maximum Gasteiger partial charge on any atom is 0.178 e. The summed E-state index contributed by atoms with van der Waals surface area (Å²) in [5.41, 5.74) is 10.5. The quantitative estimate of drug-likeness (QED) is 0.159. The third-order valence-electron chi connectivity index (χ3n) is 11.1. The lowest BCUT2D eigenvalue weighted by molar-refractivity contribution is 1.11. The highest BCUT2D eigenvalue weighted by Crippen LogP contribution is 2.46. The second-order valence-corrected chi connectivity index (χ2v) is 14.5. The maximum atomic E-state index is 4.86. The van der Waals surface area contributed by atoms with Gasteiger partial charge in [0.2, 0.25) is 0 Å². The Bertz CT molecular complexity index is 3270. The van der Waals surface area contributed by atoms with Crippen LogP contribution < -0.4 is 0 Å². The van der Waals surface area contributed by atoms with Crippen molar-refractivity contribution in [2.75, 3.05) is 0 Å². The van der Waals surface area contributed by atoms with Gasteiger partial charge in [-0.1, -0.05) is 133 Å². The van der Waals surface area contributed by atoms with Crippen molar-refractivity contribution in [2.45, 2.75) is 0 Å². The first-order valence-electron chi connectivity index (χ1n) is 19.4. The average Bonchev–Trinajstić information content (AvgIpc) is 3.30. The van der Waals surface area contributed by atoms with Gasteiger partial charge in [-0.2, -0.15) is 0 Å². The summed E-state index contributed by atoms with van der Waals surface area (Å²) in [5.74, 6) is 1.10. The monoisotopic (exact) mass is 739 g/mol. The zero-order valence-electron chi connectivity index (χ0n) is 31.3. The van der Waals surface area contributed by atoms with Gasteiger partial charge in [0.05, 0.1) is 0 Å². The van der Waals surface area contributed by atoms with Gasteiger partial charge in [-0.25, -0.2) is 24.9 Å². The molecule has 0 N–H and O–H groups in total. The van der Waals surface area contributed by atoms with E-state index in [9.17, 15) is 0 Å². The van der Waals surface area contributed by atoms with Crippen molar-refractivity contribution < 1.29 is 0 Å². The molecule has 8 aromatic carbocycles. The van der Waals surface area contributed by atoms with E-state index in [1.54, 1.807) is 36.9 Å². The smallest absolute Gasteiger partial charge is 0.178 e. The van der Waals surface area contributed by atoms with Crippen LogP contribution in [0.1, 0.15) is 0 Å². The van der Waals surface area contributed by atoms with E-state index in [1.807, 2.05) is 12.1 Å². The number of aromatic nitrogens is 5. The molecule has 5 nitrogen and oxygen atoms in total. The number of nitrogens with zero attached hydrogens (tertiary/aromatic N) is 5. The highest BCUT2D eigenvalue weighted by atomic mass is 14.9. The van der Waals surface area contributed by atoms with E-state index < -0.39 is 0 Å². The molecule has 3 heterocycles. The third-order valence-corrected chi connectivity index (χ3v) is 11.1. The Morgan fingerprint density at radius 1 is 0.259 bits per heavy atom. The lowest BCUT2D eigenvalue weighted by Gasteiger charge is -2.19. The topological polar surface area (TPSA) is 64.5 Å². The fraction of sp³-hybridized carbons (Fsp3) is 0. The van der Waals surface area contributed by atoms with Crippen molar-refractivity contribution in [1.29, 1.82) is 0 Å². The molecule has 0 bridgehead atoms. The van der Waals surface area contributed by atoms with E-state index in [4.69, 9.17) is 4.98 Å². The van der Waals surface area contributed by atoms with Gasteiger partial charge in [0.15, 0.2) is 11.6 Å². The molecule has 0 aliphatic carbocycles. The first-order chi connectivity index (χ1) is 28.7. The molecule has 11 rings (SSSR count). The molecule has 0 radical (unpaired) electrons. The van der Waals surface area contributed by atoms with Gasteiger partial charge in [0, 0.05) is 24.8 Å². The number of hydrogen-bond acceptors (Lipinski definition) is 5. The van der Waals surface area contributed by atoms with E-state index >= 15 is 0 Å². The molecule has 0 aliphatic rings. The zero-order valence-corrected chi connectivity index (χ0v) is 31.3. The van der Waals surface area contributed by atoms with Crippen molar-refractivity contribution in [3.05, 3.63) is 201 Å². The number of rotatable bonds is 6. The molecule has 0 unspecified atom stereocenters. The minimum atomic E-state index is 0.548. The normalized spacial score (nSPS) is 11.4. The number of pyridine rings is 1. The molecule has 0 saturated heterocycles. The predicted octanol–water partition coefficient (Wildman–Crippen LogP) is 13.3. The van der Waals surface area contributed by atoms with Crippen LogP contribution in [-0.4, -0.2) is 24.9 Å². The average molecular weight is 740 g/mol. The number of hydrogen-bond donors (Lipinski definition) is 0. The van der Waals surface area contributed by atoms with Crippen molar-refractivity contribution in [1.82, 2.24) is 24.9 Å². The molecule has 5 heteroatoms. The van der Waals surface area contributed by atoms with Gasteiger partial charge >= 0.3 is 0 Å². The minimum Gasteiger partial charge on any atom is -0.241 e. The van der Waals surface area contributed by atoms with Crippen LogP contribution in [0.15, 0.2) is 201 Å². The maximum absolute atomic E-state index is 4.86.